The third-order valence-electron chi connectivity index (χ3n) is 6.60. The maximum Gasteiger partial charge on any atom is 0.260 e. The van der Waals surface area contributed by atoms with Gasteiger partial charge in [0.2, 0.25) is 5.91 Å². The number of halogens is 1. The summed E-state index contributed by atoms with van der Waals surface area (Å²) in [5.74, 6) is 0.752. The molecule has 2 aromatic carbocycles. The molecule has 1 aromatic heterocycles. The van der Waals surface area contributed by atoms with Crippen molar-refractivity contribution in [3.8, 4) is 5.75 Å². The lowest BCUT2D eigenvalue weighted by atomic mass is 9.90. The molecule has 1 unspecified atom stereocenters. The van der Waals surface area contributed by atoms with Crippen LogP contribution in [-0.2, 0) is 16.0 Å². The number of fused-ring (bicyclic) bond motifs is 1. The first-order chi connectivity index (χ1) is 17.3. The number of nitrogens with zero attached hydrogens (tertiary/aromatic N) is 2. The summed E-state index contributed by atoms with van der Waals surface area (Å²) in [6, 6.07) is 17.2. The first kappa shape index (κ1) is 26.2. The van der Waals surface area contributed by atoms with Gasteiger partial charge in [-0.15, -0.1) is 11.3 Å². The average molecular weight is 525 g/mol. The number of carbonyl (C=O) groups excluding carboxylic acids is 2. The van der Waals surface area contributed by atoms with E-state index in [2.05, 4.69) is 44.4 Å². The van der Waals surface area contributed by atoms with Crippen LogP contribution in [0.15, 0.2) is 60.0 Å². The minimum atomic E-state index is -0.195. The van der Waals surface area contributed by atoms with Crippen molar-refractivity contribution in [3.05, 3.63) is 86.6 Å². The molecule has 2 heterocycles. The molecule has 7 heteroatoms. The van der Waals surface area contributed by atoms with E-state index in [1.54, 1.807) is 40.5 Å². The van der Waals surface area contributed by atoms with E-state index < -0.39 is 0 Å². The molecule has 0 spiro atoms. The van der Waals surface area contributed by atoms with Gasteiger partial charge in [0.05, 0.1) is 12.6 Å². The Morgan fingerprint density at radius 1 is 1.11 bits per heavy atom. The Labute approximate surface area is 222 Å². The van der Waals surface area contributed by atoms with Gasteiger partial charge < -0.3 is 14.5 Å². The van der Waals surface area contributed by atoms with Gasteiger partial charge in [-0.05, 0) is 78.1 Å². The van der Waals surface area contributed by atoms with Crippen molar-refractivity contribution in [2.45, 2.75) is 39.7 Å². The number of rotatable bonds is 9. The third-order valence-corrected chi connectivity index (χ3v) is 7.85. The Morgan fingerprint density at radius 3 is 2.58 bits per heavy atom. The normalized spacial score (nSPS) is 15.0. The number of hydrogen-bond acceptors (Lipinski definition) is 4. The number of aryl methyl sites for hydroxylation is 1. The number of benzene rings is 2. The molecule has 3 aromatic rings. The van der Waals surface area contributed by atoms with Crippen molar-refractivity contribution in [2.24, 2.45) is 5.92 Å². The van der Waals surface area contributed by atoms with E-state index in [0.29, 0.717) is 29.8 Å². The molecule has 2 amide bonds. The largest absolute Gasteiger partial charge is 0.484 e. The second-order valence-electron chi connectivity index (χ2n) is 9.64. The number of ether oxygens (including phenoxy) is 1. The monoisotopic (exact) mass is 524 g/mol. The fourth-order valence-electron chi connectivity index (χ4n) is 4.54. The van der Waals surface area contributed by atoms with E-state index in [1.807, 2.05) is 17.0 Å². The zero-order valence-corrected chi connectivity index (χ0v) is 22.6. The van der Waals surface area contributed by atoms with Crippen LogP contribution in [0.5, 0.6) is 5.75 Å². The van der Waals surface area contributed by atoms with E-state index in [0.717, 1.165) is 24.0 Å². The molecule has 1 atom stereocenters. The summed E-state index contributed by atoms with van der Waals surface area (Å²) < 4.78 is 5.71. The van der Waals surface area contributed by atoms with Gasteiger partial charge >= 0.3 is 0 Å². The molecule has 1 aliphatic heterocycles. The molecule has 5 nitrogen and oxygen atoms in total. The van der Waals surface area contributed by atoms with Crippen LogP contribution in [0.2, 0.25) is 5.02 Å². The first-order valence-corrected chi connectivity index (χ1v) is 13.7. The van der Waals surface area contributed by atoms with Crippen LogP contribution in [0.25, 0.3) is 0 Å². The molecule has 4 rings (SSSR count). The summed E-state index contributed by atoms with van der Waals surface area (Å²) in [6.07, 6.45) is 1.65. The summed E-state index contributed by atoms with van der Waals surface area (Å²) in [4.78, 5) is 31.9. The molecule has 0 saturated carbocycles. The van der Waals surface area contributed by atoms with Crippen LogP contribution in [0.3, 0.4) is 0 Å². The number of thiophene rings is 1. The third kappa shape index (κ3) is 6.29. The molecule has 0 bridgehead atoms. The molecule has 0 fully saturated rings. The Hall–Kier alpha value is -2.83. The smallest absolute Gasteiger partial charge is 0.260 e. The molecule has 36 heavy (non-hydrogen) atoms. The minimum absolute atomic E-state index is 0.0382. The van der Waals surface area contributed by atoms with Crippen molar-refractivity contribution in [3.63, 3.8) is 0 Å². The molecule has 0 N–H and O–H groups in total. The SMILES string of the molecule is Cc1ccccc1C1c2ccsc2CCN1C(=O)CN(CCC(C)C)C(=O)COc1ccc(Cl)cc1. The molecule has 190 valence electrons. The van der Waals surface area contributed by atoms with Crippen LogP contribution in [0.4, 0.5) is 0 Å². The van der Waals surface area contributed by atoms with Crippen LogP contribution in [0, 0.1) is 12.8 Å². The summed E-state index contributed by atoms with van der Waals surface area (Å²) in [5.41, 5.74) is 3.49. The highest BCUT2D eigenvalue weighted by Gasteiger charge is 2.34. The van der Waals surface area contributed by atoms with Crippen molar-refractivity contribution >= 4 is 34.8 Å². The zero-order valence-electron chi connectivity index (χ0n) is 21.1. The van der Waals surface area contributed by atoms with Crippen LogP contribution >= 0.6 is 22.9 Å². The Balaban J connectivity index is 1.52. The lowest BCUT2D eigenvalue weighted by Gasteiger charge is -2.38. The van der Waals surface area contributed by atoms with Gasteiger partial charge in [0.25, 0.3) is 5.91 Å². The van der Waals surface area contributed by atoms with Gasteiger partial charge in [0, 0.05) is 23.0 Å². The molecule has 0 saturated heterocycles. The summed E-state index contributed by atoms with van der Waals surface area (Å²) >= 11 is 7.70. The molecule has 1 aliphatic rings. The van der Waals surface area contributed by atoms with Crippen molar-refractivity contribution in [1.82, 2.24) is 9.80 Å². The summed E-state index contributed by atoms with van der Waals surface area (Å²) in [5, 5.41) is 2.72. The van der Waals surface area contributed by atoms with Crippen molar-refractivity contribution in [2.75, 3.05) is 26.2 Å². The van der Waals surface area contributed by atoms with Crippen molar-refractivity contribution in [1.29, 1.82) is 0 Å². The van der Waals surface area contributed by atoms with Gasteiger partial charge in [0.15, 0.2) is 6.61 Å². The molecule has 0 radical (unpaired) electrons. The average Bonchev–Trinajstić information content (AvgIpc) is 3.34. The van der Waals surface area contributed by atoms with Gasteiger partial charge in [-0.1, -0.05) is 49.7 Å². The second kappa shape index (κ2) is 11.9. The van der Waals surface area contributed by atoms with Gasteiger partial charge in [-0.3, -0.25) is 9.59 Å². The zero-order chi connectivity index (χ0) is 25.7. The highest BCUT2D eigenvalue weighted by atomic mass is 35.5. The van der Waals surface area contributed by atoms with E-state index >= 15 is 0 Å². The van der Waals surface area contributed by atoms with E-state index in [4.69, 9.17) is 16.3 Å². The van der Waals surface area contributed by atoms with Crippen molar-refractivity contribution < 1.29 is 14.3 Å². The highest BCUT2D eigenvalue weighted by Crippen LogP contribution is 2.39. The predicted octanol–water partition coefficient (Wildman–Crippen LogP) is 6.14. The summed E-state index contributed by atoms with van der Waals surface area (Å²) in [7, 11) is 0. The number of hydrogen-bond donors (Lipinski definition) is 0. The number of amides is 2. The topological polar surface area (TPSA) is 49.9 Å². The Bertz CT molecular complexity index is 1190. The van der Waals surface area contributed by atoms with Crippen LogP contribution in [0.1, 0.15) is 47.9 Å². The van der Waals surface area contributed by atoms with Gasteiger partial charge in [-0.2, -0.15) is 0 Å². The van der Waals surface area contributed by atoms with Gasteiger partial charge in [0.1, 0.15) is 5.75 Å². The first-order valence-electron chi connectivity index (χ1n) is 12.4. The fraction of sp³-hybridized carbons (Fsp3) is 0.379. The summed E-state index contributed by atoms with van der Waals surface area (Å²) in [6.45, 7) is 7.39. The maximum atomic E-state index is 13.8. The van der Waals surface area contributed by atoms with Crippen LogP contribution in [-0.4, -0.2) is 47.9 Å². The second-order valence-corrected chi connectivity index (χ2v) is 11.1. The lowest BCUT2D eigenvalue weighted by molar-refractivity contribution is -0.143. The quantitative estimate of drug-likeness (QED) is 0.338. The molecular formula is C29H33ClN2O3S. The van der Waals surface area contributed by atoms with E-state index in [1.165, 1.54) is 10.4 Å². The van der Waals surface area contributed by atoms with Gasteiger partial charge in [-0.25, -0.2) is 0 Å². The number of carbonyl (C=O) groups is 2. The Kier molecular flexibility index (Phi) is 8.70. The minimum Gasteiger partial charge on any atom is -0.484 e. The van der Waals surface area contributed by atoms with Crippen LogP contribution < -0.4 is 4.74 Å². The molecular weight excluding hydrogens is 492 g/mol. The maximum absolute atomic E-state index is 13.8. The lowest BCUT2D eigenvalue weighted by Crippen LogP contribution is -2.48. The Morgan fingerprint density at radius 2 is 1.86 bits per heavy atom. The van der Waals surface area contributed by atoms with E-state index in [-0.39, 0.29) is 31.0 Å². The fourth-order valence-corrected chi connectivity index (χ4v) is 5.57. The highest BCUT2D eigenvalue weighted by molar-refractivity contribution is 7.10. The molecule has 0 aliphatic carbocycles. The standard InChI is InChI=1S/C29H33ClN2O3S/c1-20(2)12-15-31(28(34)19-35-23-10-8-22(30)9-11-23)18-27(33)32-16-13-26-25(14-17-36-26)29(32)24-7-5-4-6-21(24)3/h4-11,14,17,20,29H,12-13,15-16,18-19H2,1-3H3. The predicted molar refractivity (Wildman–Crippen MR) is 146 cm³/mol. The van der Waals surface area contributed by atoms with E-state index in [9.17, 15) is 9.59 Å².